The minimum atomic E-state index is -0.426. The number of fused-ring (bicyclic) bond motifs is 4. The summed E-state index contributed by atoms with van der Waals surface area (Å²) in [7, 11) is 0.639. The van der Waals surface area contributed by atoms with Gasteiger partial charge in [0, 0.05) is 10.6 Å². The number of hydrogen-bond donors (Lipinski definition) is 0. The van der Waals surface area contributed by atoms with E-state index in [1.807, 2.05) is 48.5 Å². The van der Waals surface area contributed by atoms with Crippen LogP contribution >= 0.6 is 8.58 Å². The lowest BCUT2D eigenvalue weighted by atomic mass is 9.39. The SMILES string of the molecule is CPC12CCC(C)(C(OC(=O)c3ccccc3)C1OC(=O)c1ccccc1)C1C3CCC(CC3)C12. The predicted molar refractivity (Wildman–Crippen MR) is 138 cm³/mol. The molecule has 0 aliphatic heterocycles. The second kappa shape index (κ2) is 8.73. The van der Waals surface area contributed by atoms with E-state index in [-0.39, 0.29) is 22.5 Å². The Balaban J connectivity index is 1.42. The first-order chi connectivity index (χ1) is 17.0. The van der Waals surface area contributed by atoms with Gasteiger partial charge in [0.1, 0.15) is 12.2 Å². The van der Waals surface area contributed by atoms with E-state index in [9.17, 15) is 9.59 Å². The molecule has 4 bridgehead atoms. The van der Waals surface area contributed by atoms with Crippen LogP contribution in [0.4, 0.5) is 0 Å². The average Bonchev–Trinajstić information content (AvgIpc) is 2.92. The molecule has 0 spiro atoms. The Morgan fingerprint density at radius 3 is 1.74 bits per heavy atom. The number of benzene rings is 2. The Morgan fingerprint density at radius 1 is 0.743 bits per heavy atom. The van der Waals surface area contributed by atoms with Gasteiger partial charge in [-0.2, -0.15) is 0 Å². The van der Waals surface area contributed by atoms with Gasteiger partial charge in [0.15, 0.2) is 0 Å². The van der Waals surface area contributed by atoms with Crippen molar-refractivity contribution in [1.29, 1.82) is 0 Å². The van der Waals surface area contributed by atoms with E-state index in [4.69, 9.17) is 9.47 Å². The van der Waals surface area contributed by atoms with Crippen LogP contribution in [0.2, 0.25) is 0 Å². The predicted octanol–water partition coefficient (Wildman–Crippen LogP) is 6.35. The van der Waals surface area contributed by atoms with Gasteiger partial charge < -0.3 is 9.47 Å². The number of carbonyl (C=O) groups is 2. The standard InChI is InChI=1S/C30H35O4P/c1-29-17-18-30(35-2,24-20-15-13-19(14-16-20)23(24)29)26(34-28(32)22-11-7-4-8-12-22)25(29)33-27(31)21-9-5-3-6-10-21/h3-12,19-20,23-26,35H,13-18H2,1-2H3. The molecule has 0 N–H and O–H groups in total. The first-order valence-electron chi connectivity index (χ1n) is 13.2. The largest absolute Gasteiger partial charge is 0.454 e. The van der Waals surface area contributed by atoms with Gasteiger partial charge in [0.05, 0.1) is 11.1 Å². The van der Waals surface area contributed by atoms with Crippen molar-refractivity contribution in [2.24, 2.45) is 29.1 Å². The van der Waals surface area contributed by atoms with Crippen molar-refractivity contribution >= 4 is 20.5 Å². The van der Waals surface area contributed by atoms with Crippen LogP contribution in [0.25, 0.3) is 0 Å². The molecule has 6 fully saturated rings. The molecule has 5 heteroatoms. The van der Waals surface area contributed by atoms with Gasteiger partial charge in [-0.3, -0.25) is 0 Å². The zero-order valence-corrected chi connectivity index (χ0v) is 21.6. The smallest absolute Gasteiger partial charge is 0.338 e. The summed E-state index contributed by atoms with van der Waals surface area (Å²) >= 11 is 0. The summed E-state index contributed by atoms with van der Waals surface area (Å²) < 4.78 is 12.9. The minimum Gasteiger partial charge on any atom is -0.454 e. The van der Waals surface area contributed by atoms with Crippen LogP contribution in [0.5, 0.6) is 0 Å². The summed E-state index contributed by atoms with van der Waals surface area (Å²) in [6, 6.07) is 18.5. The van der Waals surface area contributed by atoms with Crippen molar-refractivity contribution in [1.82, 2.24) is 0 Å². The second-order valence-electron chi connectivity index (χ2n) is 11.4. The molecule has 2 aromatic rings. The van der Waals surface area contributed by atoms with Crippen molar-refractivity contribution < 1.29 is 19.1 Å². The van der Waals surface area contributed by atoms with Crippen LogP contribution in [0, 0.1) is 29.1 Å². The van der Waals surface area contributed by atoms with E-state index in [1.54, 1.807) is 12.1 Å². The highest BCUT2D eigenvalue weighted by Crippen LogP contribution is 2.73. The molecule has 184 valence electrons. The van der Waals surface area contributed by atoms with Crippen LogP contribution in [0.15, 0.2) is 60.7 Å². The van der Waals surface area contributed by atoms with E-state index in [1.165, 1.54) is 25.7 Å². The van der Waals surface area contributed by atoms with Gasteiger partial charge in [-0.05, 0) is 93.1 Å². The lowest BCUT2D eigenvalue weighted by Crippen LogP contribution is -2.75. The van der Waals surface area contributed by atoms with Gasteiger partial charge in [-0.15, -0.1) is 8.58 Å². The van der Waals surface area contributed by atoms with Crippen LogP contribution in [-0.2, 0) is 9.47 Å². The molecule has 8 rings (SSSR count). The minimum absolute atomic E-state index is 0.113. The van der Waals surface area contributed by atoms with Gasteiger partial charge in [0.25, 0.3) is 0 Å². The molecule has 7 atom stereocenters. The second-order valence-corrected chi connectivity index (χ2v) is 12.8. The van der Waals surface area contributed by atoms with Gasteiger partial charge in [-0.1, -0.05) is 43.3 Å². The average molecular weight is 491 g/mol. The van der Waals surface area contributed by atoms with E-state index >= 15 is 0 Å². The van der Waals surface area contributed by atoms with Crippen LogP contribution in [-0.4, -0.2) is 36.0 Å². The highest BCUT2D eigenvalue weighted by atomic mass is 31.1. The Kier molecular flexibility index (Phi) is 5.79. The summed E-state index contributed by atoms with van der Waals surface area (Å²) in [5.41, 5.74) is 0.936. The Morgan fingerprint density at radius 2 is 1.23 bits per heavy atom. The van der Waals surface area contributed by atoms with Crippen LogP contribution in [0.3, 0.4) is 0 Å². The normalized spacial score (nSPS) is 39.4. The molecular formula is C30H35O4P. The quantitative estimate of drug-likeness (QED) is 0.362. The van der Waals surface area contributed by atoms with Crippen LogP contribution < -0.4 is 0 Å². The van der Waals surface area contributed by atoms with Crippen molar-refractivity contribution in [3.8, 4) is 0 Å². The number of esters is 2. The summed E-state index contributed by atoms with van der Waals surface area (Å²) in [6.07, 6.45) is 6.41. The van der Waals surface area contributed by atoms with Gasteiger partial charge >= 0.3 is 11.9 Å². The third kappa shape index (κ3) is 3.50. The molecule has 4 nitrogen and oxygen atoms in total. The van der Waals surface area contributed by atoms with Crippen molar-refractivity contribution in [2.75, 3.05) is 6.66 Å². The zero-order valence-electron chi connectivity index (χ0n) is 20.6. The Bertz CT molecular complexity index is 1100. The fourth-order valence-corrected chi connectivity index (χ4v) is 10.2. The topological polar surface area (TPSA) is 52.6 Å². The zero-order chi connectivity index (χ0) is 24.2. The molecule has 0 aromatic heterocycles. The number of carbonyl (C=O) groups excluding carboxylic acids is 2. The Hall–Kier alpha value is -2.19. The first kappa shape index (κ1) is 23.2. The number of hydrogen-bond acceptors (Lipinski definition) is 4. The number of rotatable bonds is 5. The number of ether oxygens (including phenoxy) is 2. The summed E-state index contributed by atoms with van der Waals surface area (Å²) in [4.78, 5) is 26.8. The van der Waals surface area contributed by atoms with Crippen molar-refractivity contribution in [3.63, 3.8) is 0 Å². The molecule has 0 amide bonds. The highest BCUT2D eigenvalue weighted by molar-refractivity contribution is 7.39. The highest BCUT2D eigenvalue weighted by Gasteiger charge is 2.73. The van der Waals surface area contributed by atoms with Gasteiger partial charge in [-0.25, -0.2) is 9.59 Å². The fraction of sp³-hybridized carbons (Fsp3) is 0.533. The molecule has 6 aliphatic rings. The molecule has 7 unspecified atom stereocenters. The third-order valence-electron chi connectivity index (χ3n) is 10.0. The maximum Gasteiger partial charge on any atom is 0.338 e. The van der Waals surface area contributed by atoms with Crippen molar-refractivity contribution in [3.05, 3.63) is 71.8 Å². The lowest BCUT2D eigenvalue weighted by Gasteiger charge is -2.72. The molecule has 0 radical (unpaired) electrons. The maximum atomic E-state index is 13.4. The first-order valence-corrected chi connectivity index (χ1v) is 14.7. The van der Waals surface area contributed by atoms with Crippen molar-refractivity contribution in [2.45, 2.75) is 62.8 Å². The molecular weight excluding hydrogens is 455 g/mol. The molecule has 6 aliphatic carbocycles. The monoisotopic (exact) mass is 490 g/mol. The lowest BCUT2D eigenvalue weighted by molar-refractivity contribution is -0.238. The maximum absolute atomic E-state index is 13.4. The van der Waals surface area contributed by atoms with E-state index in [2.05, 4.69) is 13.6 Å². The fourth-order valence-electron chi connectivity index (χ4n) is 8.54. The molecule has 0 saturated heterocycles. The Labute approximate surface area is 209 Å². The van der Waals surface area contributed by atoms with E-state index in [0.29, 0.717) is 43.4 Å². The molecule has 35 heavy (non-hydrogen) atoms. The molecule has 0 heterocycles. The summed E-state index contributed by atoms with van der Waals surface area (Å²) in [5, 5.41) is -0.113. The summed E-state index contributed by atoms with van der Waals surface area (Å²) in [6.45, 7) is 4.62. The molecule has 6 saturated carbocycles. The molecule has 2 aromatic carbocycles. The van der Waals surface area contributed by atoms with Crippen LogP contribution in [0.1, 0.15) is 66.2 Å². The van der Waals surface area contributed by atoms with Gasteiger partial charge in [0.2, 0.25) is 0 Å². The summed E-state index contributed by atoms with van der Waals surface area (Å²) in [5.74, 6) is 1.86. The van der Waals surface area contributed by atoms with E-state index < -0.39 is 12.2 Å². The van der Waals surface area contributed by atoms with E-state index in [0.717, 1.165) is 12.8 Å². The third-order valence-corrected chi connectivity index (χ3v) is 11.8.